The van der Waals surface area contributed by atoms with Crippen LogP contribution < -0.4 is 27.8 Å². The molecule has 3 aromatic heterocycles. The quantitative estimate of drug-likeness (QED) is 0.337. The zero-order valence-corrected chi connectivity index (χ0v) is 19.8. The van der Waals surface area contributed by atoms with E-state index < -0.39 is 34.1 Å². The van der Waals surface area contributed by atoms with Gasteiger partial charge in [-0.25, -0.2) is 22.9 Å². The van der Waals surface area contributed by atoms with E-state index >= 15 is 0 Å². The standard InChI is InChI=1S/C24H19ClF2N6O4/c25-16-8-19(34)29-9-18(16)30-22-31-23(36)33(11-14-2-1-5-28-21(14)35)24(37)32(22)10-12-6-15(13-3-4-13)20(27)17(26)7-12/h1-2,5-9,13H,3-4,10-11H2,(H,28,35)(H,29,34)(H,30,31,36). The molecule has 3 heterocycles. The van der Waals surface area contributed by atoms with E-state index in [1.165, 1.54) is 24.5 Å². The molecule has 1 fully saturated rings. The maximum Gasteiger partial charge on any atom is 0.355 e. The van der Waals surface area contributed by atoms with Crippen LogP contribution >= 0.6 is 11.6 Å². The molecule has 1 saturated carbocycles. The summed E-state index contributed by atoms with van der Waals surface area (Å²) in [6, 6.07) is 6.55. The zero-order valence-electron chi connectivity index (χ0n) is 19.1. The topological polar surface area (TPSA) is 135 Å². The average molecular weight is 529 g/mol. The number of aromatic amines is 2. The Morgan fingerprint density at radius 2 is 1.84 bits per heavy atom. The number of benzene rings is 1. The van der Waals surface area contributed by atoms with Crippen LogP contribution in [-0.4, -0.2) is 24.1 Å². The molecule has 0 amide bonds. The molecule has 13 heteroatoms. The number of aromatic nitrogens is 5. The van der Waals surface area contributed by atoms with Gasteiger partial charge in [0, 0.05) is 24.0 Å². The molecule has 10 nitrogen and oxygen atoms in total. The summed E-state index contributed by atoms with van der Waals surface area (Å²) >= 11 is 6.12. The van der Waals surface area contributed by atoms with Crippen molar-refractivity contribution in [1.29, 1.82) is 0 Å². The molecule has 0 aliphatic heterocycles. The Bertz CT molecular complexity index is 1760. The van der Waals surface area contributed by atoms with E-state index in [4.69, 9.17) is 11.6 Å². The molecular formula is C24H19ClF2N6O4. The first-order chi connectivity index (χ1) is 17.7. The molecule has 0 saturated heterocycles. The Hall–Kier alpha value is -4.32. The fourth-order valence-electron chi connectivity index (χ4n) is 3.95. The Labute approximate surface area is 211 Å². The number of nitrogens with one attached hydrogen (secondary N) is 3. The Kier molecular flexibility index (Phi) is 6.34. The fraction of sp³-hybridized carbons (Fsp3) is 0.208. The minimum atomic E-state index is -1.05. The summed E-state index contributed by atoms with van der Waals surface area (Å²) in [4.78, 5) is 58.9. The van der Waals surface area contributed by atoms with Gasteiger partial charge in [0.1, 0.15) is 0 Å². The van der Waals surface area contributed by atoms with E-state index in [9.17, 15) is 28.0 Å². The SMILES string of the molecule is O=c1cc(Cl)c(Nc2nc(=O)n(Cc3ccc[nH]c3=O)c(=O)n2Cc2cc(F)c(F)c(C3CC3)c2)c[nH]1. The number of nitrogens with zero attached hydrogens (tertiary/aromatic N) is 3. The van der Waals surface area contributed by atoms with Crippen molar-refractivity contribution >= 4 is 23.2 Å². The highest BCUT2D eigenvalue weighted by molar-refractivity contribution is 6.33. The predicted molar refractivity (Wildman–Crippen MR) is 132 cm³/mol. The summed E-state index contributed by atoms with van der Waals surface area (Å²) in [6.45, 7) is -0.650. The third-order valence-corrected chi connectivity index (χ3v) is 6.29. The van der Waals surface area contributed by atoms with Gasteiger partial charge in [-0.15, -0.1) is 0 Å². The summed E-state index contributed by atoms with van der Waals surface area (Å²) in [6.07, 6.45) is 4.11. The Morgan fingerprint density at radius 3 is 2.54 bits per heavy atom. The predicted octanol–water partition coefficient (Wildman–Crippen LogP) is 2.43. The molecule has 1 aliphatic carbocycles. The van der Waals surface area contributed by atoms with Crippen molar-refractivity contribution in [3.8, 4) is 0 Å². The molecule has 0 spiro atoms. The molecule has 1 aromatic carbocycles. The van der Waals surface area contributed by atoms with Gasteiger partial charge >= 0.3 is 11.4 Å². The molecule has 190 valence electrons. The van der Waals surface area contributed by atoms with Crippen molar-refractivity contribution in [2.45, 2.75) is 31.8 Å². The first kappa shape index (κ1) is 24.4. The first-order valence-corrected chi connectivity index (χ1v) is 11.6. The van der Waals surface area contributed by atoms with Crippen molar-refractivity contribution in [2.24, 2.45) is 0 Å². The van der Waals surface area contributed by atoms with Gasteiger partial charge in [-0.1, -0.05) is 23.7 Å². The lowest BCUT2D eigenvalue weighted by Gasteiger charge is -2.17. The highest BCUT2D eigenvalue weighted by atomic mass is 35.5. The second kappa shape index (κ2) is 9.62. The van der Waals surface area contributed by atoms with Gasteiger partial charge in [0.2, 0.25) is 11.5 Å². The number of pyridine rings is 2. The van der Waals surface area contributed by atoms with Crippen molar-refractivity contribution in [3.05, 3.63) is 118 Å². The van der Waals surface area contributed by atoms with Crippen LogP contribution in [0.15, 0.2) is 61.9 Å². The van der Waals surface area contributed by atoms with E-state index in [0.717, 1.165) is 34.1 Å². The van der Waals surface area contributed by atoms with Crippen LogP contribution in [0.25, 0.3) is 0 Å². The summed E-state index contributed by atoms with van der Waals surface area (Å²) in [5.74, 6) is -2.33. The number of H-pyrrole nitrogens is 2. The van der Waals surface area contributed by atoms with Crippen molar-refractivity contribution in [3.63, 3.8) is 0 Å². The van der Waals surface area contributed by atoms with Crippen LogP contribution in [0.2, 0.25) is 5.02 Å². The Morgan fingerprint density at radius 1 is 1.05 bits per heavy atom. The lowest BCUT2D eigenvalue weighted by Crippen LogP contribution is -2.43. The molecular weight excluding hydrogens is 510 g/mol. The highest BCUT2D eigenvalue weighted by Crippen LogP contribution is 2.42. The molecule has 37 heavy (non-hydrogen) atoms. The highest BCUT2D eigenvalue weighted by Gasteiger charge is 2.29. The van der Waals surface area contributed by atoms with E-state index in [1.807, 2.05) is 0 Å². The van der Waals surface area contributed by atoms with Crippen LogP contribution in [0.4, 0.5) is 20.4 Å². The van der Waals surface area contributed by atoms with E-state index in [-0.39, 0.29) is 52.4 Å². The molecule has 4 aromatic rings. The summed E-state index contributed by atoms with van der Waals surface area (Å²) in [5, 5.41) is 2.74. The summed E-state index contributed by atoms with van der Waals surface area (Å²) in [5.41, 5.74) is -2.01. The second-order valence-corrected chi connectivity index (χ2v) is 9.04. The zero-order chi connectivity index (χ0) is 26.3. The molecule has 0 unspecified atom stereocenters. The molecule has 1 aliphatic rings. The van der Waals surface area contributed by atoms with Crippen LogP contribution in [0.1, 0.15) is 35.4 Å². The molecule has 5 rings (SSSR count). The van der Waals surface area contributed by atoms with Crippen molar-refractivity contribution < 1.29 is 8.78 Å². The third-order valence-electron chi connectivity index (χ3n) is 5.97. The number of halogens is 3. The van der Waals surface area contributed by atoms with Crippen molar-refractivity contribution in [1.82, 2.24) is 24.1 Å². The maximum atomic E-state index is 14.4. The van der Waals surface area contributed by atoms with Gasteiger partial charge in [0.05, 0.1) is 23.8 Å². The molecule has 0 radical (unpaired) electrons. The first-order valence-electron chi connectivity index (χ1n) is 11.2. The maximum absolute atomic E-state index is 14.4. The fourth-order valence-corrected chi connectivity index (χ4v) is 4.15. The van der Waals surface area contributed by atoms with E-state index in [2.05, 4.69) is 20.3 Å². The van der Waals surface area contributed by atoms with Gasteiger partial charge in [0.15, 0.2) is 11.6 Å². The largest absolute Gasteiger partial charge is 0.355 e. The number of rotatable bonds is 7. The minimum absolute atomic E-state index is 0.00612. The lowest BCUT2D eigenvalue weighted by molar-refractivity contribution is 0.496. The van der Waals surface area contributed by atoms with Crippen LogP contribution in [0, 0.1) is 11.6 Å². The number of hydrogen-bond acceptors (Lipinski definition) is 6. The van der Waals surface area contributed by atoms with Gasteiger partial charge < -0.3 is 15.3 Å². The van der Waals surface area contributed by atoms with Gasteiger partial charge in [0.25, 0.3) is 5.56 Å². The second-order valence-electron chi connectivity index (χ2n) is 8.64. The number of anilines is 2. The van der Waals surface area contributed by atoms with E-state index in [1.54, 1.807) is 6.07 Å². The van der Waals surface area contributed by atoms with Gasteiger partial charge in [-0.05, 0) is 42.0 Å². The van der Waals surface area contributed by atoms with Gasteiger partial charge in [-0.3, -0.25) is 14.2 Å². The van der Waals surface area contributed by atoms with Gasteiger partial charge in [-0.2, -0.15) is 4.98 Å². The molecule has 3 N–H and O–H groups in total. The smallest absolute Gasteiger partial charge is 0.329 e. The van der Waals surface area contributed by atoms with Crippen LogP contribution in [0.3, 0.4) is 0 Å². The monoisotopic (exact) mass is 528 g/mol. The third kappa shape index (κ3) is 5.00. The molecule has 0 bridgehead atoms. The van der Waals surface area contributed by atoms with E-state index in [0.29, 0.717) is 0 Å². The van der Waals surface area contributed by atoms with Crippen LogP contribution in [0.5, 0.6) is 0 Å². The lowest BCUT2D eigenvalue weighted by atomic mass is 10.1. The summed E-state index contributed by atoms with van der Waals surface area (Å²) < 4.78 is 30.5. The molecule has 0 atom stereocenters. The van der Waals surface area contributed by atoms with Crippen LogP contribution in [-0.2, 0) is 13.1 Å². The van der Waals surface area contributed by atoms with Crippen molar-refractivity contribution in [2.75, 3.05) is 5.32 Å². The normalized spacial score (nSPS) is 13.1. The number of hydrogen-bond donors (Lipinski definition) is 3. The Balaban J connectivity index is 1.64. The average Bonchev–Trinajstić information content (AvgIpc) is 3.69. The minimum Gasteiger partial charge on any atom is -0.329 e. The summed E-state index contributed by atoms with van der Waals surface area (Å²) in [7, 11) is 0.